The van der Waals surface area contributed by atoms with Crippen LogP contribution in [0.4, 0.5) is 10.5 Å². The standard InChI is InChI=1S/C16H24N4O2/c17-9-5-10-18-15(21)13-6-4-11-20(12-13)16(22)19-14-7-2-1-3-8-14/h1-3,7-8,13H,4-6,9-12,17H2,(H,18,21)(H,19,22). The minimum absolute atomic E-state index is 0.0191. The fraction of sp³-hybridized carbons (Fsp3) is 0.500. The molecule has 6 heteroatoms. The number of piperidine rings is 1. The number of amides is 3. The zero-order valence-electron chi connectivity index (χ0n) is 12.8. The fourth-order valence-electron chi connectivity index (χ4n) is 2.56. The van der Waals surface area contributed by atoms with Crippen molar-refractivity contribution in [2.45, 2.75) is 19.3 Å². The minimum atomic E-state index is -0.148. The van der Waals surface area contributed by atoms with Gasteiger partial charge >= 0.3 is 6.03 Å². The van der Waals surface area contributed by atoms with Gasteiger partial charge in [-0.2, -0.15) is 0 Å². The second-order valence-electron chi connectivity index (χ2n) is 5.51. The van der Waals surface area contributed by atoms with Crippen LogP contribution in [0.25, 0.3) is 0 Å². The van der Waals surface area contributed by atoms with Crippen molar-refractivity contribution in [3.05, 3.63) is 30.3 Å². The molecular formula is C16H24N4O2. The number of nitrogens with one attached hydrogen (secondary N) is 2. The van der Waals surface area contributed by atoms with Gasteiger partial charge in [0.05, 0.1) is 5.92 Å². The zero-order chi connectivity index (χ0) is 15.8. The van der Waals surface area contributed by atoms with Crippen LogP contribution in [0.3, 0.4) is 0 Å². The molecule has 6 nitrogen and oxygen atoms in total. The molecule has 0 saturated carbocycles. The number of carbonyl (C=O) groups excluding carboxylic acids is 2. The van der Waals surface area contributed by atoms with Crippen LogP contribution in [0, 0.1) is 5.92 Å². The third-order valence-corrected chi connectivity index (χ3v) is 3.78. The molecule has 0 spiro atoms. The first kappa shape index (κ1) is 16.3. The van der Waals surface area contributed by atoms with Crippen LogP contribution < -0.4 is 16.4 Å². The van der Waals surface area contributed by atoms with Crippen LogP contribution in [0.5, 0.6) is 0 Å². The molecule has 1 unspecified atom stereocenters. The van der Waals surface area contributed by atoms with E-state index in [-0.39, 0.29) is 17.9 Å². The Balaban J connectivity index is 1.84. The van der Waals surface area contributed by atoms with Crippen molar-refractivity contribution in [1.29, 1.82) is 0 Å². The Kier molecular flexibility index (Phi) is 6.21. The molecule has 120 valence electrons. The first-order chi connectivity index (χ1) is 10.7. The second-order valence-corrected chi connectivity index (χ2v) is 5.51. The summed E-state index contributed by atoms with van der Waals surface area (Å²) in [5, 5.41) is 5.75. The first-order valence-corrected chi connectivity index (χ1v) is 7.79. The van der Waals surface area contributed by atoms with E-state index in [0.717, 1.165) is 24.9 Å². The van der Waals surface area contributed by atoms with Gasteiger partial charge in [0.15, 0.2) is 0 Å². The molecule has 0 radical (unpaired) electrons. The van der Waals surface area contributed by atoms with Crippen molar-refractivity contribution in [1.82, 2.24) is 10.2 Å². The van der Waals surface area contributed by atoms with Crippen LogP contribution in [0.1, 0.15) is 19.3 Å². The summed E-state index contributed by atoms with van der Waals surface area (Å²) in [6, 6.07) is 9.19. The van der Waals surface area contributed by atoms with E-state index in [1.54, 1.807) is 4.90 Å². The molecule has 1 aliphatic rings. The van der Waals surface area contributed by atoms with Crippen LogP contribution in [-0.4, -0.2) is 43.0 Å². The normalized spacial score (nSPS) is 17.9. The Morgan fingerprint density at radius 3 is 2.77 bits per heavy atom. The summed E-state index contributed by atoms with van der Waals surface area (Å²) in [5.41, 5.74) is 6.18. The number of nitrogens with two attached hydrogens (primary N) is 1. The van der Waals surface area contributed by atoms with Crippen molar-refractivity contribution in [2.24, 2.45) is 11.7 Å². The number of nitrogens with zero attached hydrogens (tertiary/aromatic N) is 1. The van der Waals surface area contributed by atoms with Crippen LogP contribution >= 0.6 is 0 Å². The zero-order valence-corrected chi connectivity index (χ0v) is 12.8. The molecule has 1 aromatic carbocycles. The van der Waals surface area contributed by atoms with Gasteiger partial charge in [-0.15, -0.1) is 0 Å². The van der Waals surface area contributed by atoms with E-state index in [0.29, 0.717) is 26.2 Å². The smallest absolute Gasteiger partial charge is 0.321 e. The van der Waals surface area contributed by atoms with Gasteiger partial charge in [-0.05, 0) is 37.9 Å². The van der Waals surface area contributed by atoms with Crippen molar-refractivity contribution in [3.63, 3.8) is 0 Å². The maximum absolute atomic E-state index is 12.3. The van der Waals surface area contributed by atoms with Gasteiger partial charge in [0.1, 0.15) is 0 Å². The molecule has 0 aromatic heterocycles. The van der Waals surface area contributed by atoms with Gasteiger partial charge in [-0.3, -0.25) is 4.79 Å². The lowest BCUT2D eigenvalue weighted by molar-refractivity contribution is -0.126. The summed E-state index contributed by atoms with van der Waals surface area (Å²) in [6.07, 6.45) is 2.44. The molecule has 1 heterocycles. The van der Waals surface area contributed by atoms with Crippen LogP contribution in [0.2, 0.25) is 0 Å². The highest BCUT2D eigenvalue weighted by Crippen LogP contribution is 2.18. The summed E-state index contributed by atoms with van der Waals surface area (Å²) in [6.45, 7) is 2.32. The summed E-state index contributed by atoms with van der Waals surface area (Å²) < 4.78 is 0. The topological polar surface area (TPSA) is 87.5 Å². The molecule has 0 bridgehead atoms. The lowest BCUT2D eigenvalue weighted by atomic mass is 9.97. The van der Waals surface area contributed by atoms with Crippen molar-refractivity contribution in [3.8, 4) is 0 Å². The monoisotopic (exact) mass is 304 g/mol. The summed E-state index contributed by atoms with van der Waals surface area (Å²) in [5.74, 6) is -0.112. The highest BCUT2D eigenvalue weighted by Gasteiger charge is 2.28. The van der Waals surface area contributed by atoms with Gasteiger partial charge in [0.25, 0.3) is 0 Å². The van der Waals surface area contributed by atoms with E-state index in [9.17, 15) is 9.59 Å². The van der Waals surface area contributed by atoms with E-state index in [4.69, 9.17) is 5.73 Å². The minimum Gasteiger partial charge on any atom is -0.356 e. The molecular weight excluding hydrogens is 280 g/mol. The third kappa shape index (κ3) is 4.73. The third-order valence-electron chi connectivity index (χ3n) is 3.78. The Morgan fingerprint density at radius 1 is 1.27 bits per heavy atom. The lowest BCUT2D eigenvalue weighted by Crippen LogP contribution is -2.47. The predicted octanol–water partition coefficient (Wildman–Crippen LogP) is 1.40. The Hall–Kier alpha value is -2.08. The summed E-state index contributed by atoms with van der Waals surface area (Å²) in [4.78, 5) is 26.1. The number of carbonyl (C=O) groups is 2. The molecule has 1 aliphatic heterocycles. The van der Waals surface area contributed by atoms with E-state index in [1.165, 1.54) is 0 Å². The number of para-hydroxylation sites is 1. The number of rotatable bonds is 5. The van der Waals surface area contributed by atoms with Gasteiger partial charge in [0.2, 0.25) is 5.91 Å². The Bertz CT molecular complexity index is 492. The maximum atomic E-state index is 12.3. The molecule has 3 amide bonds. The van der Waals surface area contributed by atoms with E-state index < -0.39 is 0 Å². The second kappa shape index (κ2) is 8.38. The number of likely N-dealkylation sites (tertiary alicyclic amines) is 1. The predicted molar refractivity (Wildman–Crippen MR) is 86.4 cm³/mol. The number of benzene rings is 1. The molecule has 1 saturated heterocycles. The average molecular weight is 304 g/mol. The molecule has 2 rings (SSSR count). The Labute approximate surface area is 131 Å². The van der Waals surface area contributed by atoms with E-state index in [2.05, 4.69) is 10.6 Å². The molecule has 1 fully saturated rings. The number of urea groups is 1. The number of hydrogen-bond donors (Lipinski definition) is 3. The average Bonchev–Trinajstić information content (AvgIpc) is 2.56. The number of hydrogen-bond acceptors (Lipinski definition) is 3. The SMILES string of the molecule is NCCCNC(=O)C1CCCN(C(=O)Nc2ccccc2)C1. The molecule has 0 aliphatic carbocycles. The van der Waals surface area contributed by atoms with Gasteiger partial charge in [-0.1, -0.05) is 18.2 Å². The molecule has 4 N–H and O–H groups in total. The Morgan fingerprint density at radius 2 is 2.05 bits per heavy atom. The lowest BCUT2D eigenvalue weighted by Gasteiger charge is -2.32. The molecule has 22 heavy (non-hydrogen) atoms. The van der Waals surface area contributed by atoms with Gasteiger partial charge in [-0.25, -0.2) is 4.79 Å². The van der Waals surface area contributed by atoms with Crippen LogP contribution in [0.15, 0.2) is 30.3 Å². The maximum Gasteiger partial charge on any atom is 0.321 e. The quantitative estimate of drug-likeness (QED) is 0.718. The largest absolute Gasteiger partial charge is 0.356 e. The van der Waals surface area contributed by atoms with Crippen molar-refractivity contribution < 1.29 is 9.59 Å². The summed E-state index contributed by atoms with van der Waals surface area (Å²) in [7, 11) is 0. The highest BCUT2D eigenvalue weighted by molar-refractivity contribution is 5.90. The number of anilines is 1. The van der Waals surface area contributed by atoms with Crippen molar-refractivity contribution >= 4 is 17.6 Å². The first-order valence-electron chi connectivity index (χ1n) is 7.79. The van der Waals surface area contributed by atoms with Gasteiger partial charge < -0.3 is 21.3 Å². The molecule has 1 atom stereocenters. The molecule has 1 aromatic rings. The van der Waals surface area contributed by atoms with Crippen molar-refractivity contribution in [2.75, 3.05) is 31.5 Å². The highest BCUT2D eigenvalue weighted by atomic mass is 16.2. The van der Waals surface area contributed by atoms with E-state index >= 15 is 0 Å². The van der Waals surface area contributed by atoms with E-state index in [1.807, 2.05) is 30.3 Å². The summed E-state index contributed by atoms with van der Waals surface area (Å²) >= 11 is 0. The van der Waals surface area contributed by atoms with Gasteiger partial charge in [0, 0.05) is 25.3 Å². The van der Waals surface area contributed by atoms with Crippen LogP contribution in [-0.2, 0) is 4.79 Å². The fourth-order valence-corrected chi connectivity index (χ4v) is 2.56.